The highest BCUT2D eigenvalue weighted by molar-refractivity contribution is 6.30. The zero-order valence-corrected chi connectivity index (χ0v) is 14.7. The Balaban J connectivity index is 1.60. The summed E-state index contributed by atoms with van der Waals surface area (Å²) in [7, 11) is 3.23. The van der Waals surface area contributed by atoms with Crippen molar-refractivity contribution in [2.45, 2.75) is 13.1 Å². The van der Waals surface area contributed by atoms with Gasteiger partial charge in [0, 0.05) is 17.1 Å². The maximum absolute atomic E-state index is 5.98. The lowest BCUT2D eigenvalue weighted by molar-refractivity contribution is 0.354. The topological polar surface area (TPSA) is 69.4 Å². The molecule has 7 heteroatoms. The summed E-state index contributed by atoms with van der Waals surface area (Å²) in [5.41, 5.74) is 1.86. The molecule has 0 saturated carbocycles. The molecule has 25 heavy (non-hydrogen) atoms. The standard InChI is InChI=1S/C18H18ClN3O3/c1-23-15-7-6-12(8-16(15)24-2)10-20-11-17-21-22-18(25-17)13-4-3-5-14(19)9-13/h3-9,20H,10-11H2,1-2H3. The molecule has 1 N–H and O–H groups in total. The van der Waals surface area contributed by atoms with Crippen LogP contribution >= 0.6 is 11.6 Å². The maximum Gasteiger partial charge on any atom is 0.247 e. The number of nitrogens with one attached hydrogen (secondary N) is 1. The van der Waals surface area contributed by atoms with E-state index in [9.17, 15) is 0 Å². The van der Waals surface area contributed by atoms with Crippen molar-refractivity contribution in [1.29, 1.82) is 0 Å². The van der Waals surface area contributed by atoms with E-state index in [4.69, 9.17) is 25.5 Å². The molecule has 3 rings (SSSR count). The second-order valence-corrected chi connectivity index (χ2v) is 5.74. The van der Waals surface area contributed by atoms with Gasteiger partial charge in [0.25, 0.3) is 0 Å². The molecule has 0 atom stereocenters. The van der Waals surface area contributed by atoms with Gasteiger partial charge in [0.2, 0.25) is 11.8 Å². The molecule has 3 aromatic rings. The summed E-state index contributed by atoms with van der Waals surface area (Å²) < 4.78 is 16.2. The lowest BCUT2D eigenvalue weighted by Crippen LogP contribution is -2.13. The van der Waals surface area contributed by atoms with E-state index in [1.54, 1.807) is 26.4 Å². The lowest BCUT2D eigenvalue weighted by atomic mass is 10.2. The zero-order valence-electron chi connectivity index (χ0n) is 14.0. The first-order chi connectivity index (χ1) is 12.2. The molecule has 0 unspecified atom stereocenters. The van der Waals surface area contributed by atoms with Crippen LogP contribution in [-0.2, 0) is 13.1 Å². The zero-order chi connectivity index (χ0) is 17.6. The van der Waals surface area contributed by atoms with Crippen LogP contribution < -0.4 is 14.8 Å². The quantitative estimate of drug-likeness (QED) is 0.693. The number of hydrogen-bond acceptors (Lipinski definition) is 6. The minimum absolute atomic E-state index is 0.449. The van der Waals surface area contributed by atoms with Gasteiger partial charge in [0.1, 0.15) is 0 Å². The van der Waals surface area contributed by atoms with E-state index >= 15 is 0 Å². The third kappa shape index (κ3) is 4.29. The van der Waals surface area contributed by atoms with E-state index in [1.807, 2.05) is 30.3 Å². The second-order valence-electron chi connectivity index (χ2n) is 5.30. The molecule has 0 amide bonds. The van der Waals surface area contributed by atoms with E-state index in [0.29, 0.717) is 41.4 Å². The van der Waals surface area contributed by atoms with Gasteiger partial charge in [-0.05, 0) is 35.9 Å². The van der Waals surface area contributed by atoms with Crippen LogP contribution in [0.2, 0.25) is 5.02 Å². The van der Waals surface area contributed by atoms with Crippen molar-refractivity contribution in [2.75, 3.05) is 14.2 Å². The summed E-state index contributed by atoms with van der Waals surface area (Å²) in [4.78, 5) is 0. The van der Waals surface area contributed by atoms with E-state index in [0.717, 1.165) is 11.1 Å². The van der Waals surface area contributed by atoms with Crippen molar-refractivity contribution in [1.82, 2.24) is 15.5 Å². The minimum atomic E-state index is 0.449. The predicted molar refractivity (Wildman–Crippen MR) is 94.8 cm³/mol. The largest absolute Gasteiger partial charge is 0.493 e. The SMILES string of the molecule is COc1ccc(CNCc2nnc(-c3cccc(Cl)c3)o2)cc1OC. The first-order valence-electron chi connectivity index (χ1n) is 7.69. The van der Waals surface area contributed by atoms with Gasteiger partial charge in [0.15, 0.2) is 11.5 Å². The smallest absolute Gasteiger partial charge is 0.247 e. The Morgan fingerprint density at radius 3 is 2.60 bits per heavy atom. The van der Waals surface area contributed by atoms with E-state index < -0.39 is 0 Å². The molecule has 0 bridgehead atoms. The summed E-state index contributed by atoms with van der Waals surface area (Å²) in [6.45, 7) is 1.09. The monoisotopic (exact) mass is 359 g/mol. The first kappa shape index (κ1) is 17.3. The normalized spacial score (nSPS) is 10.7. The third-order valence-corrected chi connectivity index (χ3v) is 3.83. The van der Waals surface area contributed by atoms with Gasteiger partial charge in [-0.2, -0.15) is 0 Å². The molecule has 0 aliphatic carbocycles. The maximum atomic E-state index is 5.98. The Bertz CT molecular complexity index is 851. The van der Waals surface area contributed by atoms with Crippen LogP contribution in [-0.4, -0.2) is 24.4 Å². The Morgan fingerprint density at radius 2 is 1.84 bits per heavy atom. The molecule has 1 aromatic heterocycles. The van der Waals surface area contributed by atoms with Gasteiger partial charge in [-0.1, -0.05) is 23.7 Å². The molecule has 0 radical (unpaired) electrons. The Hall–Kier alpha value is -2.57. The van der Waals surface area contributed by atoms with Gasteiger partial charge < -0.3 is 19.2 Å². The molecular formula is C18H18ClN3O3. The van der Waals surface area contributed by atoms with Crippen molar-refractivity contribution in [3.8, 4) is 23.0 Å². The third-order valence-electron chi connectivity index (χ3n) is 3.59. The van der Waals surface area contributed by atoms with Crippen molar-refractivity contribution in [3.63, 3.8) is 0 Å². The summed E-state index contributed by atoms with van der Waals surface area (Å²) in [5, 5.41) is 12.0. The molecule has 0 aliphatic rings. The summed E-state index contributed by atoms with van der Waals surface area (Å²) in [6, 6.07) is 13.1. The Kier molecular flexibility index (Phi) is 5.53. The Morgan fingerprint density at radius 1 is 1.00 bits per heavy atom. The van der Waals surface area contributed by atoms with Crippen LogP contribution in [0.15, 0.2) is 46.9 Å². The highest BCUT2D eigenvalue weighted by atomic mass is 35.5. The highest BCUT2D eigenvalue weighted by Crippen LogP contribution is 2.27. The second kappa shape index (κ2) is 8.00. The molecule has 1 heterocycles. The molecule has 0 saturated heterocycles. The van der Waals surface area contributed by atoms with Gasteiger partial charge in [-0.15, -0.1) is 10.2 Å². The van der Waals surface area contributed by atoms with Crippen molar-refractivity contribution in [2.24, 2.45) is 0 Å². The summed E-state index contributed by atoms with van der Waals surface area (Å²) in [6.07, 6.45) is 0. The number of ether oxygens (including phenoxy) is 2. The van der Waals surface area contributed by atoms with Crippen LogP contribution in [0, 0.1) is 0 Å². The number of aromatic nitrogens is 2. The van der Waals surface area contributed by atoms with Crippen molar-refractivity contribution < 1.29 is 13.9 Å². The molecule has 130 valence electrons. The number of hydrogen-bond donors (Lipinski definition) is 1. The van der Waals surface area contributed by atoms with E-state index in [1.165, 1.54) is 0 Å². The fourth-order valence-corrected chi connectivity index (χ4v) is 2.56. The fraction of sp³-hybridized carbons (Fsp3) is 0.222. The molecule has 2 aromatic carbocycles. The van der Waals surface area contributed by atoms with Crippen LogP contribution in [0.1, 0.15) is 11.5 Å². The summed E-state index contributed by atoms with van der Waals surface area (Å²) >= 11 is 5.98. The molecule has 0 spiro atoms. The Labute approximate surface area is 150 Å². The van der Waals surface area contributed by atoms with Crippen molar-refractivity contribution in [3.05, 3.63) is 58.9 Å². The fourth-order valence-electron chi connectivity index (χ4n) is 2.37. The molecule has 0 fully saturated rings. The van der Waals surface area contributed by atoms with Gasteiger partial charge >= 0.3 is 0 Å². The average molecular weight is 360 g/mol. The number of rotatable bonds is 7. The van der Waals surface area contributed by atoms with E-state index in [-0.39, 0.29) is 0 Å². The number of methoxy groups -OCH3 is 2. The van der Waals surface area contributed by atoms with Crippen LogP contribution in [0.25, 0.3) is 11.5 Å². The number of benzene rings is 2. The predicted octanol–water partition coefficient (Wildman–Crippen LogP) is 3.70. The van der Waals surface area contributed by atoms with Crippen LogP contribution in [0.5, 0.6) is 11.5 Å². The van der Waals surface area contributed by atoms with Crippen LogP contribution in [0.4, 0.5) is 0 Å². The molecule has 6 nitrogen and oxygen atoms in total. The highest BCUT2D eigenvalue weighted by Gasteiger charge is 2.09. The van der Waals surface area contributed by atoms with Gasteiger partial charge in [-0.3, -0.25) is 0 Å². The number of nitrogens with zero attached hydrogens (tertiary/aromatic N) is 2. The van der Waals surface area contributed by atoms with Crippen LogP contribution in [0.3, 0.4) is 0 Å². The average Bonchev–Trinajstić information content (AvgIpc) is 3.10. The lowest BCUT2D eigenvalue weighted by Gasteiger charge is -2.09. The van der Waals surface area contributed by atoms with Crippen molar-refractivity contribution >= 4 is 11.6 Å². The molecular weight excluding hydrogens is 342 g/mol. The minimum Gasteiger partial charge on any atom is -0.493 e. The van der Waals surface area contributed by atoms with E-state index in [2.05, 4.69) is 15.5 Å². The van der Waals surface area contributed by atoms with Gasteiger partial charge in [-0.25, -0.2) is 0 Å². The molecule has 0 aliphatic heterocycles. The van der Waals surface area contributed by atoms with Gasteiger partial charge in [0.05, 0.1) is 20.8 Å². The first-order valence-corrected chi connectivity index (χ1v) is 8.07. The summed E-state index contributed by atoms with van der Waals surface area (Å²) in [5.74, 6) is 2.36. The number of halogens is 1.